The van der Waals surface area contributed by atoms with Crippen molar-refractivity contribution in [3.05, 3.63) is 89.4 Å². The molecule has 0 aliphatic carbocycles. The molecule has 158 valence electrons. The number of nitrogens with zero attached hydrogens (tertiary/aromatic N) is 3. The lowest BCUT2D eigenvalue weighted by atomic mass is 10.1. The van der Waals surface area contributed by atoms with Crippen molar-refractivity contribution in [2.75, 3.05) is 7.11 Å². The average Bonchev–Trinajstić information content (AvgIpc) is 3.34. The molecule has 0 saturated heterocycles. The summed E-state index contributed by atoms with van der Waals surface area (Å²) in [6, 6.07) is 21.9. The summed E-state index contributed by atoms with van der Waals surface area (Å²) in [5.74, 6) is 1.35. The molecule has 0 fully saturated rings. The summed E-state index contributed by atoms with van der Waals surface area (Å²) in [6.45, 7) is 2.15. The molecule has 0 bridgehead atoms. The minimum atomic E-state index is 0.476. The van der Waals surface area contributed by atoms with Crippen molar-refractivity contribution in [1.29, 1.82) is 0 Å². The van der Waals surface area contributed by atoms with Gasteiger partial charge in [0.05, 0.1) is 18.4 Å². The van der Waals surface area contributed by atoms with Crippen LogP contribution in [0.5, 0.6) is 5.75 Å². The van der Waals surface area contributed by atoms with E-state index in [2.05, 4.69) is 46.5 Å². The molecular formula is C26H21N3O2S. The van der Waals surface area contributed by atoms with Crippen LogP contribution in [0.3, 0.4) is 0 Å². The van der Waals surface area contributed by atoms with Crippen molar-refractivity contribution < 1.29 is 9.15 Å². The summed E-state index contributed by atoms with van der Waals surface area (Å²) in [7, 11) is 1.65. The third kappa shape index (κ3) is 4.05. The van der Waals surface area contributed by atoms with Gasteiger partial charge in [0.25, 0.3) is 0 Å². The molecule has 32 heavy (non-hydrogen) atoms. The van der Waals surface area contributed by atoms with E-state index in [1.165, 1.54) is 5.56 Å². The third-order valence-electron chi connectivity index (χ3n) is 5.21. The maximum absolute atomic E-state index is 6.20. The molecule has 6 heteroatoms. The van der Waals surface area contributed by atoms with Crippen LogP contribution in [-0.2, 0) is 6.42 Å². The summed E-state index contributed by atoms with van der Waals surface area (Å²) in [4.78, 5) is 13.9. The van der Waals surface area contributed by atoms with Crippen molar-refractivity contribution in [3.8, 4) is 27.6 Å². The number of ether oxygens (including phenoxy) is 1. The molecular weight excluding hydrogens is 418 g/mol. The number of aryl methyl sites for hydroxylation is 1. The molecule has 5 nitrogen and oxygen atoms in total. The highest BCUT2D eigenvalue weighted by Crippen LogP contribution is 2.30. The van der Waals surface area contributed by atoms with E-state index in [1.54, 1.807) is 24.6 Å². The van der Waals surface area contributed by atoms with Crippen molar-refractivity contribution in [1.82, 2.24) is 9.97 Å². The molecule has 0 spiro atoms. The van der Waals surface area contributed by atoms with E-state index in [0.717, 1.165) is 45.0 Å². The minimum absolute atomic E-state index is 0.476. The van der Waals surface area contributed by atoms with Gasteiger partial charge in [-0.2, -0.15) is 4.99 Å². The molecule has 0 aliphatic heterocycles. The summed E-state index contributed by atoms with van der Waals surface area (Å²) >= 11 is 1.57. The van der Waals surface area contributed by atoms with Gasteiger partial charge in [-0.3, -0.25) is 0 Å². The first kappa shape index (κ1) is 20.2. The molecule has 0 atom stereocenters. The van der Waals surface area contributed by atoms with Crippen LogP contribution in [0.4, 0.5) is 5.82 Å². The van der Waals surface area contributed by atoms with Gasteiger partial charge in [-0.1, -0.05) is 37.3 Å². The SMILES string of the molecule is CCc1ccc(-c2csc(-c3cc4cc(OC)ccc4o/c3=N\c3ccccn3)n2)cc1. The Balaban J connectivity index is 1.67. The maximum atomic E-state index is 6.20. The van der Waals surface area contributed by atoms with Gasteiger partial charge in [-0.15, -0.1) is 11.3 Å². The number of pyridine rings is 1. The predicted octanol–water partition coefficient (Wildman–Crippen LogP) is 6.42. The fourth-order valence-corrected chi connectivity index (χ4v) is 4.27. The van der Waals surface area contributed by atoms with Crippen molar-refractivity contribution in [2.24, 2.45) is 4.99 Å². The lowest BCUT2D eigenvalue weighted by Gasteiger charge is -2.05. The topological polar surface area (TPSA) is 60.5 Å². The van der Waals surface area contributed by atoms with E-state index in [0.29, 0.717) is 11.4 Å². The number of methoxy groups -OCH3 is 1. The van der Waals surface area contributed by atoms with Gasteiger partial charge in [0, 0.05) is 22.5 Å². The number of benzene rings is 2. The number of rotatable bonds is 5. The predicted molar refractivity (Wildman–Crippen MR) is 128 cm³/mol. The van der Waals surface area contributed by atoms with E-state index < -0.39 is 0 Å². The Hall–Kier alpha value is -3.77. The molecule has 0 unspecified atom stereocenters. The minimum Gasteiger partial charge on any atom is -0.497 e. The highest BCUT2D eigenvalue weighted by Gasteiger charge is 2.13. The summed E-state index contributed by atoms with van der Waals surface area (Å²) in [5.41, 5.74) is 5.34. The normalized spacial score (nSPS) is 11.8. The van der Waals surface area contributed by atoms with E-state index in [9.17, 15) is 0 Å². The molecule has 3 aromatic heterocycles. The first-order chi connectivity index (χ1) is 15.7. The zero-order chi connectivity index (χ0) is 21.9. The average molecular weight is 440 g/mol. The molecule has 0 saturated carbocycles. The van der Waals surface area contributed by atoms with Crippen LogP contribution in [0.25, 0.3) is 32.8 Å². The first-order valence-electron chi connectivity index (χ1n) is 10.4. The maximum Gasteiger partial charge on any atom is 0.231 e. The van der Waals surface area contributed by atoms with Crippen LogP contribution in [-0.4, -0.2) is 17.1 Å². The van der Waals surface area contributed by atoms with Crippen LogP contribution in [0.1, 0.15) is 12.5 Å². The van der Waals surface area contributed by atoms with Crippen molar-refractivity contribution >= 4 is 28.1 Å². The van der Waals surface area contributed by atoms with Gasteiger partial charge >= 0.3 is 0 Å². The zero-order valence-corrected chi connectivity index (χ0v) is 18.6. The molecule has 0 radical (unpaired) electrons. The highest BCUT2D eigenvalue weighted by atomic mass is 32.1. The standard InChI is InChI=1S/C26H21N3O2S/c1-3-17-7-9-18(10-8-17)22-16-32-26(28-22)21-15-19-14-20(30-2)11-12-23(19)31-25(21)29-24-6-4-5-13-27-24/h4-16H,3H2,1-2H3/b29-25-. The van der Waals surface area contributed by atoms with E-state index in [4.69, 9.17) is 14.1 Å². The fourth-order valence-electron chi connectivity index (χ4n) is 3.44. The van der Waals surface area contributed by atoms with E-state index in [1.807, 2.05) is 42.5 Å². The van der Waals surface area contributed by atoms with Gasteiger partial charge in [-0.25, -0.2) is 9.97 Å². The van der Waals surface area contributed by atoms with E-state index >= 15 is 0 Å². The van der Waals surface area contributed by atoms with Gasteiger partial charge in [-0.05, 0) is 48.4 Å². The lowest BCUT2D eigenvalue weighted by molar-refractivity contribution is 0.415. The number of fused-ring (bicyclic) bond motifs is 1. The van der Waals surface area contributed by atoms with Crippen LogP contribution in [0.2, 0.25) is 0 Å². The quantitative estimate of drug-likeness (QED) is 0.317. The Kier molecular flexibility index (Phi) is 5.52. The smallest absolute Gasteiger partial charge is 0.231 e. The fraction of sp³-hybridized carbons (Fsp3) is 0.115. The van der Waals surface area contributed by atoms with Gasteiger partial charge in [0.1, 0.15) is 16.3 Å². The molecule has 5 aromatic rings. The molecule has 3 heterocycles. The number of thiazole rings is 1. The largest absolute Gasteiger partial charge is 0.497 e. The van der Waals surface area contributed by atoms with Gasteiger partial charge in [0.2, 0.25) is 5.55 Å². The second-order valence-corrected chi connectivity index (χ2v) is 8.12. The zero-order valence-electron chi connectivity index (χ0n) is 17.8. The number of hydrogen-bond acceptors (Lipinski definition) is 6. The Morgan fingerprint density at radius 1 is 1.03 bits per heavy atom. The number of hydrogen-bond donors (Lipinski definition) is 0. The van der Waals surface area contributed by atoms with Crippen LogP contribution in [0, 0.1) is 0 Å². The molecule has 0 aliphatic rings. The van der Waals surface area contributed by atoms with Crippen LogP contribution >= 0.6 is 11.3 Å². The van der Waals surface area contributed by atoms with Crippen molar-refractivity contribution in [3.63, 3.8) is 0 Å². The second-order valence-electron chi connectivity index (χ2n) is 7.26. The summed E-state index contributed by atoms with van der Waals surface area (Å²) in [6.07, 6.45) is 2.73. The Bertz CT molecular complexity index is 1440. The molecule has 2 aromatic carbocycles. The lowest BCUT2D eigenvalue weighted by Crippen LogP contribution is -2.05. The molecule has 0 amide bonds. The molecule has 5 rings (SSSR count). The summed E-state index contributed by atoms with van der Waals surface area (Å²) < 4.78 is 11.6. The Morgan fingerprint density at radius 3 is 2.66 bits per heavy atom. The monoisotopic (exact) mass is 439 g/mol. The number of aromatic nitrogens is 2. The van der Waals surface area contributed by atoms with E-state index in [-0.39, 0.29) is 0 Å². The molecule has 0 N–H and O–H groups in total. The Morgan fingerprint density at radius 2 is 1.91 bits per heavy atom. The van der Waals surface area contributed by atoms with Gasteiger partial charge < -0.3 is 9.15 Å². The first-order valence-corrected chi connectivity index (χ1v) is 11.2. The van der Waals surface area contributed by atoms with Gasteiger partial charge in [0.15, 0.2) is 5.82 Å². The second kappa shape index (κ2) is 8.77. The highest BCUT2D eigenvalue weighted by molar-refractivity contribution is 7.13. The van der Waals surface area contributed by atoms with Crippen LogP contribution in [0.15, 0.2) is 87.7 Å². The summed E-state index contributed by atoms with van der Waals surface area (Å²) in [5, 5.41) is 3.82. The Labute approximate surface area is 189 Å². The van der Waals surface area contributed by atoms with Crippen LogP contribution < -0.4 is 10.3 Å². The third-order valence-corrected chi connectivity index (χ3v) is 6.09. The van der Waals surface area contributed by atoms with Crippen molar-refractivity contribution in [2.45, 2.75) is 13.3 Å².